The van der Waals surface area contributed by atoms with Crippen LogP contribution in [0.4, 0.5) is 4.79 Å². The van der Waals surface area contributed by atoms with E-state index in [2.05, 4.69) is 5.43 Å². The summed E-state index contributed by atoms with van der Waals surface area (Å²) in [6, 6.07) is 3.61. The van der Waals surface area contributed by atoms with Crippen LogP contribution in [0.5, 0.6) is 0 Å². The van der Waals surface area contributed by atoms with Crippen molar-refractivity contribution in [1.82, 2.24) is 15.3 Å². The van der Waals surface area contributed by atoms with Crippen molar-refractivity contribution in [3.63, 3.8) is 0 Å². The van der Waals surface area contributed by atoms with Crippen LogP contribution in [0.25, 0.3) is 0 Å². The van der Waals surface area contributed by atoms with Crippen LogP contribution in [0.15, 0.2) is 22.8 Å². The Balaban J connectivity index is 2.01. The van der Waals surface area contributed by atoms with E-state index in [0.29, 0.717) is 13.1 Å². The predicted octanol–water partition coefficient (Wildman–Crippen LogP) is 2.04. The Bertz CT molecular complexity index is 565. The van der Waals surface area contributed by atoms with E-state index in [4.69, 9.17) is 21.4 Å². The minimum atomic E-state index is -0.719. The van der Waals surface area contributed by atoms with Crippen LogP contribution in [0.2, 0.25) is 0 Å². The number of thiocarbonyl (C=S) groups is 1. The highest BCUT2D eigenvalue weighted by molar-refractivity contribution is 7.80. The van der Waals surface area contributed by atoms with E-state index in [9.17, 15) is 9.59 Å². The molecule has 2 amide bonds. The highest BCUT2D eigenvalue weighted by Gasteiger charge is 2.31. The SMILES string of the molecule is CC(C)(C)OC(=O)NN1C(=O)CCN(Cc2ccco2)C1=S. The molecule has 1 aromatic rings. The van der Waals surface area contributed by atoms with Crippen LogP contribution < -0.4 is 5.43 Å². The molecule has 0 aliphatic carbocycles. The first-order chi connectivity index (χ1) is 10.3. The minimum absolute atomic E-state index is 0.221. The van der Waals surface area contributed by atoms with E-state index in [1.54, 1.807) is 38.0 Å². The van der Waals surface area contributed by atoms with Gasteiger partial charge >= 0.3 is 6.09 Å². The first kappa shape index (κ1) is 16.3. The van der Waals surface area contributed by atoms with Crippen LogP contribution in [0.1, 0.15) is 33.0 Å². The molecule has 0 unspecified atom stereocenters. The number of hydrazine groups is 1. The molecular weight excluding hydrogens is 306 g/mol. The van der Waals surface area contributed by atoms with Gasteiger partial charge in [-0.3, -0.25) is 4.79 Å². The average Bonchev–Trinajstić information content (AvgIpc) is 2.89. The van der Waals surface area contributed by atoms with Crippen LogP contribution in [-0.2, 0) is 16.1 Å². The third-order valence-electron chi connectivity index (χ3n) is 2.84. The number of ether oxygens (including phenoxy) is 1. The minimum Gasteiger partial charge on any atom is -0.467 e. The molecule has 0 atom stereocenters. The van der Waals surface area contributed by atoms with Crippen LogP contribution in [0.3, 0.4) is 0 Å². The molecule has 0 spiro atoms. The summed E-state index contributed by atoms with van der Waals surface area (Å²) in [5.41, 5.74) is 1.74. The van der Waals surface area contributed by atoms with E-state index < -0.39 is 11.7 Å². The Labute approximate surface area is 134 Å². The van der Waals surface area contributed by atoms with Gasteiger partial charge in [0.1, 0.15) is 11.4 Å². The van der Waals surface area contributed by atoms with Crippen LogP contribution >= 0.6 is 12.2 Å². The van der Waals surface area contributed by atoms with Gasteiger partial charge in [0.2, 0.25) is 5.91 Å². The first-order valence-corrected chi connectivity index (χ1v) is 7.31. The number of rotatable bonds is 3. The Morgan fingerprint density at radius 2 is 2.23 bits per heavy atom. The molecule has 0 saturated carbocycles. The van der Waals surface area contributed by atoms with Gasteiger partial charge in [-0.1, -0.05) is 0 Å². The normalized spacial score (nSPS) is 16.0. The number of amides is 2. The Morgan fingerprint density at radius 1 is 1.50 bits per heavy atom. The zero-order valence-corrected chi connectivity index (χ0v) is 13.6. The van der Waals surface area contributed by atoms with E-state index in [-0.39, 0.29) is 17.4 Å². The average molecular weight is 325 g/mol. The highest BCUT2D eigenvalue weighted by atomic mass is 32.1. The molecule has 0 aromatic carbocycles. The number of hydrogen-bond acceptors (Lipinski definition) is 5. The fourth-order valence-electron chi connectivity index (χ4n) is 1.93. The highest BCUT2D eigenvalue weighted by Crippen LogP contribution is 2.14. The molecule has 0 radical (unpaired) electrons. The molecule has 7 nitrogen and oxygen atoms in total. The maximum absolute atomic E-state index is 12.0. The summed E-state index contributed by atoms with van der Waals surface area (Å²) in [6.45, 7) is 6.14. The van der Waals surface area contributed by atoms with E-state index in [1.807, 2.05) is 6.07 Å². The Hall–Kier alpha value is -2.09. The largest absolute Gasteiger partial charge is 0.467 e. The molecule has 1 aliphatic heterocycles. The van der Waals surface area contributed by atoms with E-state index in [1.165, 1.54) is 0 Å². The second-order valence-corrected chi connectivity index (χ2v) is 6.24. The summed E-state index contributed by atoms with van der Waals surface area (Å²) in [7, 11) is 0. The third-order valence-corrected chi connectivity index (χ3v) is 3.28. The van der Waals surface area contributed by atoms with Gasteiger partial charge in [-0.15, -0.1) is 0 Å². The van der Waals surface area contributed by atoms with Gasteiger partial charge in [0.25, 0.3) is 0 Å². The Kier molecular flexibility index (Phi) is 4.70. The lowest BCUT2D eigenvalue weighted by atomic mass is 10.2. The third kappa shape index (κ3) is 4.20. The molecule has 120 valence electrons. The van der Waals surface area contributed by atoms with Crippen molar-refractivity contribution in [2.45, 2.75) is 39.3 Å². The number of nitrogens with one attached hydrogen (secondary N) is 1. The van der Waals surface area contributed by atoms with Gasteiger partial charge in [0, 0.05) is 13.0 Å². The van der Waals surface area contributed by atoms with Crippen LogP contribution in [0, 0.1) is 0 Å². The standard InChI is InChI=1S/C14H19N3O4S/c1-14(2,3)21-12(19)15-17-11(18)6-7-16(13(17)22)9-10-5-4-8-20-10/h4-5,8H,6-7,9H2,1-3H3,(H,15,19). The second kappa shape index (κ2) is 6.35. The summed E-state index contributed by atoms with van der Waals surface area (Å²) in [5.74, 6) is 0.459. The molecule has 1 fully saturated rings. The number of furan rings is 1. The van der Waals surface area contributed by atoms with E-state index >= 15 is 0 Å². The number of carbonyl (C=O) groups excluding carboxylic acids is 2. The smallest absolute Gasteiger partial charge is 0.427 e. The maximum atomic E-state index is 12.0. The van der Waals surface area contributed by atoms with Gasteiger partial charge in [0.05, 0.1) is 12.8 Å². The first-order valence-electron chi connectivity index (χ1n) is 6.90. The molecule has 2 heterocycles. The van der Waals surface area contributed by atoms with Crippen LogP contribution in [-0.4, -0.2) is 39.2 Å². The van der Waals surface area contributed by atoms with Crippen molar-refractivity contribution in [1.29, 1.82) is 0 Å². The molecule has 1 saturated heterocycles. The zero-order valence-electron chi connectivity index (χ0n) is 12.8. The topological polar surface area (TPSA) is 75.0 Å². The molecule has 22 heavy (non-hydrogen) atoms. The van der Waals surface area contributed by atoms with E-state index in [0.717, 1.165) is 10.8 Å². The molecule has 1 aromatic heterocycles. The molecule has 8 heteroatoms. The second-order valence-electron chi connectivity index (χ2n) is 5.88. The lowest BCUT2D eigenvalue weighted by molar-refractivity contribution is -0.131. The Morgan fingerprint density at radius 3 is 2.82 bits per heavy atom. The number of nitrogens with zero attached hydrogens (tertiary/aromatic N) is 2. The molecular formula is C14H19N3O4S. The fraction of sp³-hybridized carbons (Fsp3) is 0.500. The lowest BCUT2D eigenvalue weighted by Gasteiger charge is -2.36. The lowest BCUT2D eigenvalue weighted by Crippen LogP contribution is -2.59. The van der Waals surface area contributed by atoms with Gasteiger partial charge in [0.15, 0.2) is 5.11 Å². The zero-order chi connectivity index (χ0) is 16.3. The van der Waals surface area contributed by atoms with Crippen molar-refractivity contribution in [2.75, 3.05) is 6.54 Å². The van der Waals surface area contributed by atoms with Gasteiger partial charge in [-0.05, 0) is 45.1 Å². The fourth-order valence-corrected chi connectivity index (χ4v) is 2.23. The molecule has 1 N–H and O–H groups in total. The summed E-state index contributed by atoms with van der Waals surface area (Å²) >= 11 is 5.28. The van der Waals surface area contributed by atoms with Crippen molar-refractivity contribution < 1.29 is 18.7 Å². The maximum Gasteiger partial charge on any atom is 0.427 e. The van der Waals surface area contributed by atoms with Gasteiger partial charge in [-0.2, -0.15) is 5.01 Å². The van der Waals surface area contributed by atoms with Crippen molar-refractivity contribution in [2.24, 2.45) is 0 Å². The predicted molar refractivity (Wildman–Crippen MR) is 82.5 cm³/mol. The summed E-state index contributed by atoms with van der Waals surface area (Å²) in [6.07, 6.45) is 1.10. The molecule has 2 rings (SSSR count). The van der Waals surface area contributed by atoms with Gasteiger partial charge < -0.3 is 14.1 Å². The monoisotopic (exact) mass is 325 g/mol. The quantitative estimate of drug-likeness (QED) is 0.857. The van der Waals surface area contributed by atoms with Gasteiger partial charge in [-0.25, -0.2) is 10.2 Å². The summed E-state index contributed by atoms with van der Waals surface area (Å²) in [5, 5.41) is 1.27. The summed E-state index contributed by atoms with van der Waals surface area (Å²) in [4.78, 5) is 25.6. The molecule has 0 bridgehead atoms. The van der Waals surface area contributed by atoms with Crippen molar-refractivity contribution >= 4 is 29.3 Å². The van der Waals surface area contributed by atoms with Crippen molar-refractivity contribution in [3.05, 3.63) is 24.2 Å². The number of carbonyl (C=O) groups is 2. The summed E-state index contributed by atoms with van der Waals surface area (Å²) < 4.78 is 10.4. The number of hydrogen-bond donors (Lipinski definition) is 1. The molecule has 1 aliphatic rings. The van der Waals surface area contributed by atoms with Crippen molar-refractivity contribution in [3.8, 4) is 0 Å².